The maximum Gasteiger partial charge on any atom is 0.412 e. The smallest absolute Gasteiger partial charge is 0.412 e. The van der Waals surface area contributed by atoms with E-state index in [4.69, 9.17) is 9.47 Å². The quantitative estimate of drug-likeness (QED) is 0.861. The van der Waals surface area contributed by atoms with Crippen molar-refractivity contribution in [2.75, 3.05) is 12.4 Å². The standard InChI is InChI=1S/C16H18N2O4/c1-16(2,3)22-15(20)18-13-9-17-8-11-6-5-10(7-12(11)13)14(19)21-4/h5-9H,1-4H3,(H,18,20). The lowest BCUT2D eigenvalue weighted by atomic mass is 10.1. The highest BCUT2D eigenvalue weighted by atomic mass is 16.6. The monoisotopic (exact) mass is 302 g/mol. The Bertz CT molecular complexity index is 720. The molecule has 2 aromatic rings. The highest BCUT2D eigenvalue weighted by Gasteiger charge is 2.17. The number of benzene rings is 1. The molecule has 2 rings (SSSR count). The van der Waals surface area contributed by atoms with Gasteiger partial charge in [0.1, 0.15) is 5.60 Å². The second-order valence-corrected chi connectivity index (χ2v) is 5.74. The zero-order chi connectivity index (χ0) is 16.3. The van der Waals surface area contributed by atoms with E-state index in [0.29, 0.717) is 16.6 Å². The first kappa shape index (κ1) is 15.8. The van der Waals surface area contributed by atoms with Crippen molar-refractivity contribution in [3.63, 3.8) is 0 Å². The fourth-order valence-electron chi connectivity index (χ4n) is 1.92. The predicted molar refractivity (Wildman–Crippen MR) is 82.9 cm³/mol. The van der Waals surface area contributed by atoms with Crippen LogP contribution in [0, 0.1) is 0 Å². The average Bonchev–Trinajstić information content (AvgIpc) is 2.44. The summed E-state index contributed by atoms with van der Waals surface area (Å²) in [7, 11) is 1.32. The van der Waals surface area contributed by atoms with Crippen LogP contribution in [0.25, 0.3) is 10.8 Å². The Labute approximate surface area is 128 Å². The number of nitrogens with one attached hydrogen (secondary N) is 1. The van der Waals surface area contributed by atoms with Gasteiger partial charge < -0.3 is 9.47 Å². The number of nitrogens with zero attached hydrogens (tertiary/aromatic N) is 1. The number of carbonyl (C=O) groups excluding carboxylic acids is 2. The van der Waals surface area contributed by atoms with Gasteiger partial charge in [-0.1, -0.05) is 6.07 Å². The van der Waals surface area contributed by atoms with Gasteiger partial charge in [0.15, 0.2) is 0 Å². The van der Waals surface area contributed by atoms with Crippen LogP contribution in [0.1, 0.15) is 31.1 Å². The molecule has 1 N–H and O–H groups in total. The molecule has 1 heterocycles. The molecule has 0 unspecified atom stereocenters. The number of fused-ring (bicyclic) bond motifs is 1. The number of rotatable bonds is 2. The van der Waals surface area contributed by atoms with Crippen molar-refractivity contribution in [2.45, 2.75) is 26.4 Å². The maximum absolute atomic E-state index is 11.9. The molecular formula is C16H18N2O4. The van der Waals surface area contributed by atoms with Crippen LogP contribution in [0.2, 0.25) is 0 Å². The molecule has 0 saturated heterocycles. The zero-order valence-corrected chi connectivity index (χ0v) is 13.0. The Morgan fingerprint density at radius 3 is 2.55 bits per heavy atom. The van der Waals surface area contributed by atoms with Gasteiger partial charge in [-0.25, -0.2) is 9.59 Å². The second kappa shape index (κ2) is 6.01. The molecule has 1 amide bonds. The fraction of sp³-hybridized carbons (Fsp3) is 0.312. The SMILES string of the molecule is COC(=O)c1ccc2cncc(NC(=O)OC(C)(C)C)c2c1. The van der Waals surface area contributed by atoms with E-state index in [1.807, 2.05) is 0 Å². The third-order valence-corrected chi connectivity index (χ3v) is 2.82. The first-order chi connectivity index (χ1) is 10.3. The van der Waals surface area contributed by atoms with Crippen molar-refractivity contribution in [2.24, 2.45) is 0 Å². The zero-order valence-electron chi connectivity index (χ0n) is 13.0. The van der Waals surface area contributed by atoms with Crippen LogP contribution in [0.15, 0.2) is 30.6 Å². The molecular weight excluding hydrogens is 284 g/mol. The molecule has 0 fully saturated rings. The molecule has 22 heavy (non-hydrogen) atoms. The van der Waals surface area contributed by atoms with E-state index in [0.717, 1.165) is 5.39 Å². The first-order valence-corrected chi connectivity index (χ1v) is 6.76. The van der Waals surface area contributed by atoms with Crippen molar-refractivity contribution < 1.29 is 19.1 Å². The van der Waals surface area contributed by atoms with E-state index in [1.54, 1.807) is 45.2 Å². The Morgan fingerprint density at radius 1 is 1.18 bits per heavy atom. The molecule has 0 spiro atoms. The molecule has 116 valence electrons. The number of carbonyl (C=O) groups is 2. The largest absolute Gasteiger partial charge is 0.465 e. The summed E-state index contributed by atoms with van der Waals surface area (Å²) < 4.78 is 9.93. The topological polar surface area (TPSA) is 77.5 Å². The van der Waals surface area contributed by atoms with Gasteiger partial charge in [0, 0.05) is 17.0 Å². The van der Waals surface area contributed by atoms with Gasteiger partial charge >= 0.3 is 12.1 Å². The van der Waals surface area contributed by atoms with Crippen molar-refractivity contribution in [3.8, 4) is 0 Å². The lowest BCUT2D eigenvalue weighted by molar-refractivity contribution is 0.0598. The number of aromatic nitrogens is 1. The number of ether oxygens (including phenoxy) is 2. The normalized spacial score (nSPS) is 11.1. The van der Waals surface area contributed by atoms with Crippen LogP contribution in [0.3, 0.4) is 0 Å². The van der Waals surface area contributed by atoms with Crippen molar-refractivity contribution >= 4 is 28.5 Å². The highest BCUT2D eigenvalue weighted by Crippen LogP contribution is 2.24. The molecule has 0 aliphatic carbocycles. The summed E-state index contributed by atoms with van der Waals surface area (Å²) in [5, 5.41) is 4.13. The fourth-order valence-corrected chi connectivity index (χ4v) is 1.92. The third-order valence-electron chi connectivity index (χ3n) is 2.82. The van der Waals surface area contributed by atoms with Crippen LogP contribution >= 0.6 is 0 Å². The van der Waals surface area contributed by atoms with Crippen molar-refractivity contribution in [1.82, 2.24) is 4.98 Å². The van der Waals surface area contributed by atoms with E-state index in [2.05, 4.69) is 10.3 Å². The summed E-state index contributed by atoms with van der Waals surface area (Å²) in [6.07, 6.45) is 2.58. The molecule has 0 aliphatic heterocycles. The van der Waals surface area contributed by atoms with Crippen LogP contribution in [-0.4, -0.2) is 29.8 Å². The number of hydrogen-bond donors (Lipinski definition) is 1. The van der Waals surface area contributed by atoms with Gasteiger partial charge in [-0.2, -0.15) is 0 Å². The third kappa shape index (κ3) is 3.72. The molecule has 1 aromatic carbocycles. The van der Waals surface area contributed by atoms with E-state index in [1.165, 1.54) is 13.3 Å². The van der Waals surface area contributed by atoms with Gasteiger partial charge in [0.25, 0.3) is 0 Å². The van der Waals surface area contributed by atoms with Gasteiger partial charge in [-0.05, 0) is 32.9 Å². The predicted octanol–water partition coefficient (Wildman–Crippen LogP) is 3.37. The summed E-state index contributed by atoms with van der Waals surface area (Å²) in [5.41, 5.74) is 0.269. The molecule has 6 nitrogen and oxygen atoms in total. The van der Waals surface area contributed by atoms with Crippen LogP contribution < -0.4 is 5.32 Å². The second-order valence-electron chi connectivity index (χ2n) is 5.74. The van der Waals surface area contributed by atoms with E-state index < -0.39 is 17.7 Å². The Hall–Kier alpha value is -2.63. The average molecular weight is 302 g/mol. The van der Waals surface area contributed by atoms with E-state index in [9.17, 15) is 9.59 Å². The van der Waals surface area contributed by atoms with Crippen LogP contribution in [0.4, 0.5) is 10.5 Å². The minimum atomic E-state index is -0.598. The number of amides is 1. The number of pyridine rings is 1. The van der Waals surface area contributed by atoms with Gasteiger partial charge in [0.05, 0.1) is 24.6 Å². The van der Waals surface area contributed by atoms with Crippen LogP contribution in [0.5, 0.6) is 0 Å². The number of hydrogen-bond acceptors (Lipinski definition) is 5. The molecule has 0 bridgehead atoms. The number of methoxy groups -OCH3 is 1. The van der Waals surface area contributed by atoms with Crippen LogP contribution in [-0.2, 0) is 9.47 Å². The molecule has 0 saturated carbocycles. The van der Waals surface area contributed by atoms with Gasteiger partial charge in [-0.3, -0.25) is 10.3 Å². The summed E-state index contributed by atoms with van der Waals surface area (Å²) in [6, 6.07) is 5.04. The summed E-state index contributed by atoms with van der Waals surface area (Å²) in [5.74, 6) is -0.443. The Balaban J connectivity index is 2.37. The summed E-state index contributed by atoms with van der Waals surface area (Å²) in [6.45, 7) is 5.34. The number of anilines is 1. The Morgan fingerprint density at radius 2 is 1.91 bits per heavy atom. The molecule has 0 aliphatic rings. The van der Waals surface area contributed by atoms with Gasteiger partial charge in [-0.15, -0.1) is 0 Å². The Kier molecular flexibility index (Phi) is 4.30. The highest BCUT2D eigenvalue weighted by molar-refractivity contribution is 6.03. The minimum absolute atomic E-state index is 0.397. The van der Waals surface area contributed by atoms with Crippen molar-refractivity contribution in [1.29, 1.82) is 0 Å². The molecule has 1 aromatic heterocycles. The molecule has 0 atom stereocenters. The van der Waals surface area contributed by atoms with Crippen molar-refractivity contribution in [3.05, 3.63) is 36.2 Å². The lowest BCUT2D eigenvalue weighted by Gasteiger charge is -2.20. The summed E-state index contributed by atoms with van der Waals surface area (Å²) >= 11 is 0. The first-order valence-electron chi connectivity index (χ1n) is 6.76. The molecule has 6 heteroatoms. The summed E-state index contributed by atoms with van der Waals surface area (Å²) in [4.78, 5) is 27.6. The molecule has 0 radical (unpaired) electrons. The van der Waals surface area contributed by atoms with E-state index >= 15 is 0 Å². The minimum Gasteiger partial charge on any atom is -0.465 e. The lowest BCUT2D eigenvalue weighted by Crippen LogP contribution is -2.27. The van der Waals surface area contributed by atoms with Gasteiger partial charge in [0.2, 0.25) is 0 Å². The number of esters is 1. The van der Waals surface area contributed by atoms with E-state index in [-0.39, 0.29) is 0 Å². The maximum atomic E-state index is 11.9.